The molecule has 0 aliphatic heterocycles. The van der Waals surface area contributed by atoms with Crippen molar-refractivity contribution in [3.05, 3.63) is 56.4 Å². The van der Waals surface area contributed by atoms with Crippen LogP contribution in [0.1, 0.15) is 42.8 Å². The summed E-state index contributed by atoms with van der Waals surface area (Å²) in [7, 11) is 0. The van der Waals surface area contributed by atoms with Crippen molar-refractivity contribution in [2.45, 2.75) is 39.2 Å². The summed E-state index contributed by atoms with van der Waals surface area (Å²) >= 11 is 13.7. The Morgan fingerprint density at radius 1 is 1.33 bits per heavy atom. The maximum absolute atomic E-state index is 12.1. The Labute approximate surface area is 171 Å². The van der Waals surface area contributed by atoms with Crippen molar-refractivity contribution >= 4 is 40.4 Å². The van der Waals surface area contributed by atoms with Gasteiger partial charge < -0.3 is 9.73 Å². The second-order valence-corrected chi connectivity index (χ2v) is 8.08. The van der Waals surface area contributed by atoms with Crippen LogP contribution in [0.5, 0.6) is 0 Å². The van der Waals surface area contributed by atoms with Gasteiger partial charge in [-0.1, -0.05) is 37.0 Å². The van der Waals surface area contributed by atoms with Crippen molar-refractivity contribution in [3.63, 3.8) is 0 Å². The predicted octanol–water partition coefficient (Wildman–Crippen LogP) is 5.48. The molecule has 3 rings (SSSR count). The molecule has 1 amide bonds. The molecule has 1 aromatic carbocycles. The van der Waals surface area contributed by atoms with E-state index in [9.17, 15) is 4.79 Å². The average Bonchev–Trinajstić information content (AvgIpc) is 3.28. The zero-order valence-electron chi connectivity index (χ0n) is 15.0. The Hall–Kier alpha value is -1.89. The molecule has 27 heavy (non-hydrogen) atoms. The first-order chi connectivity index (χ1) is 12.9. The van der Waals surface area contributed by atoms with Crippen molar-refractivity contribution in [3.8, 4) is 11.3 Å². The largest absolute Gasteiger partial charge is 0.441 e. The van der Waals surface area contributed by atoms with Crippen molar-refractivity contribution in [1.29, 1.82) is 0 Å². The molecule has 1 N–H and O–H groups in total. The number of rotatable bonds is 7. The fourth-order valence-electron chi connectivity index (χ4n) is 2.41. The zero-order chi connectivity index (χ0) is 19.4. The van der Waals surface area contributed by atoms with Crippen LogP contribution in [0.4, 0.5) is 0 Å². The summed E-state index contributed by atoms with van der Waals surface area (Å²) in [5.74, 6) is 1.36. The number of oxazole rings is 1. The van der Waals surface area contributed by atoms with Gasteiger partial charge in [-0.25, -0.2) is 9.97 Å². The first-order valence-corrected chi connectivity index (χ1v) is 10.2. The normalized spacial score (nSPS) is 11.1. The molecule has 0 spiro atoms. The summed E-state index contributed by atoms with van der Waals surface area (Å²) in [6.45, 7) is 4.63. The van der Waals surface area contributed by atoms with Crippen LogP contribution in [0.15, 0.2) is 34.2 Å². The van der Waals surface area contributed by atoms with Crippen molar-refractivity contribution in [2.24, 2.45) is 0 Å². The number of nitrogens with zero attached hydrogens (tertiary/aromatic N) is 2. The fourth-order valence-corrected chi connectivity index (χ4v) is 3.74. The van der Waals surface area contributed by atoms with Crippen LogP contribution < -0.4 is 5.32 Å². The highest BCUT2D eigenvalue weighted by atomic mass is 35.5. The number of carbonyl (C=O) groups is 1. The van der Waals surface area contributed by atoms with E-state index in [1.54, 1.807) is 35.7 Å². The Bertz CT molecular complexity index is 937. The first kappa shape index (κ1) is 19.9. The number of hydrogen-bond donors (Lipinski definition) is 1. The van der Waals surface area contributed by atoms with Crippen LogP contribution in [0, 0.1) is 0 Å². The second-order valence-electron chi connectivity index (χ2n) is 6.35. The van der Waals surface area contributed by atoms with Crippen molar-refractivity contribution < 1.29 is 9.21 Å². The third-order valence-electron chi connectivity index (χ3n) is 3.85. The second kappa shape index (κ2) is 8.87. The molecule has 5 nitrogen and oxygen atoms in total. The number of halogens is 2. The highest BCUT2D eigenvalue weighted by Gasteiger charge is 2.12. The number of aryl methyl sites for hydroxylation is 1. The number of thiazole rings is 1. The Kier molecular flexibility index (Phi) is 6.52. The monoisotopic (exact) mass is 423 g/mol. The minimum atomic E-state index is -0.0710. The van der Waals surface area contributed by atoms with Crippen LogP contribution in [0.2, 0.25) is 10.0 Å². The van der Waals surface area contributed by atoms with E-state index in [2.05, 4.69) is 29.1 Å². The Balaban J connectivity index is 1.51. The molecular formula is C19H19Cl2N3O2S. The van der Waals surface area contributed by atoms with Gasteiger partial charge in [-0.3, -0.25) is 4.79 Å². The molecule has 0 aliphatic rings. The van der Waals surface area contributed by atoms with Gasteiger partial charge in [0.15, 0.2) is 11.7 Å². The van der Waals surface area contributed by atoms with Crippen LogP contribution in [-0.2, 0) is 17.8 Å². The number of amides is 1. The van der Waals surface area contributed by atoms with E-state index in [1.165, 1.54) is 0 Å². The topological polar surface area (TPSA) is 68.0 Å². The minimum absolute atomic E-state index is 0.0710. The van der Waals surface area contributed by atoms with Gasteiger partial charge in [0.1, 0.15) is 0 Å². The molecule has 0 radical (unpaired) electrons. The van der Waals surface area contributed by atoms with E-state index in [4.69, 9.17) is 27.6 Å². The lowest BCUT2D eigenvalue weighted by atomic mass is 10.2. The molecule has 3 aromatic rings. The maximum atomic E-state index is 12.1. The van der Waals surface area contributed by atoms with E-state index in [1.807, 2.05) is 5.38 Å². The number of carbonyl (C=O) groups excluding carboxylic acids is 1. The summed E-state index contributed by atoms with van der Waals surface area (Å²) in [5, 5.41) is 6.98. The van der Waals surface area contributed by atoms with Gasteiger partial charge in [-0.05, 0) is 18.2 Å². The van der Waals surface area contributed by atoms with E-state index in [-0.39, 0.29) is 12.3 Å². The van der Waals surface area contributed by atoms with E-state index in [0.29, 0.717) is 46.1 Å². The lowest BCUT2D eigenvalue weighted by Gasteiger charge is -2.03. The summed E-state index contributed by atoms with van der Waals surface area (Å²) < 4.78 is 5.70. The highest BCUT2D eigenvalue weighted by molar-refractivity contribution is 7.09. The van der Waals surface area contributed by atoms with E-state index >= 15 is 0 Å². The van der Waals surface area contributed by atoms with E-state index < -0.39 is 0 Å². The number of aromatic nitrogens is 2. The lowest BCUT2D eigenvalue weighted by Crippen LogP contribution is -2.23. The van der Waals surface area contributed by atoms with Gasteiger partial charge in [0.25, 0.3) is 0 Å². The molecule has 0 aliphatic carbocycles. The average molecular weight is 424 g/mol. The fraction of sp³-hybridized carbons (Fsp3) is 0.316. The summed E-state index contributed by atoms with van der Waals surface area (Å²) in [4.78, 5) is 20.8. The molecule has 0 bridgehead atoms. The van der Waals surface area contributed by atoms with Gasteiger partial charge in [0.05, 0.1) is 28.5 Å². The molecule has 0 fully saturated rings. The molecule has 2 aromatic heterocycles. The smallest absolute Gasteiger partial charge is 0.220 e. The quantitative estimate of drug-likeness (QED) is 0.546. The third kappa shape index (κ3) is 5.31. The molecule has 0 saturated carbocycles. The SMILES string of the molecule is CC(C)c1nc(CNC(=O)CCc2ncc(-c3ccc(Cl)cc3Cl)o2)cs1. The van der Waals surface area contributed by atoms with Gasteiger partial charge >= 0.3 is 0 Å². The van der Waals surface area contributed by atoms with Crippen molar-refractivity contribution in [1.82, 2.24) is 15.3 Å². The van der Waals surface area contributed by atoms with Crippen LogP contribution in [0.3, 0.4) is 0 Å². The van der Waals surface area contributed by atoms with Gasteiger partial charge in [0.2, 0.25) is 5.91 Å². The van der Waals surface area contributed by atoms with Crippen LogP contribution >= 0.6 is 34.5 Å². The maximum Gasteiger partial charge on any atom is 0.220 e. The molecule has 0 saturated heterocycles. The summed E-state index contributed by atoms with van der Waals surface area (Å²) in [6, 6.07) is 5.17. The summed E-state index contributed by atoms with van der Waals surface area (Å²) in [5.41, 5.74) is 1.60. The van der Waals surface area contributed by atoms with Crippen LogP contribution in [0.25, 0.3) is 11.3 Å². The molecule has 0 unspecified atom stereocenters. The molecule has 8 heteroatoms. The van der Waals surface area contributed by atoms with Gasteiger partial charge in [-0.2, -0.15) is 0 Å². The zero-order valence-corrected chi connectivity index (χ0v) is 17.3. The Morgan fingerprint density at radius 2 is 2.15 bits per heavy atom. The molecular weight excluding hydrogens is 405 g/mol. The highest BCUT2D eigenvalue weighted by Crippen LogP contribution is 2.30. The van der Waals surface area contributed by atoms with Gasteiger partial charge in [-0.15, -0.1) is 11.3 Å². The molecule has 0 atom stereocenters. The van der Waals surface area contributed by atoms with E-state index in [0.717, 1.165) is 10.7 Å². The first-order valence-electron chi connectivity index (χ1n) is 8.53. The number of hydrogen-bond acceptors (Lipinski definition) is 5. The third-order valence-corrected chi connectivity index (χ3v) is 5.59. The lowest BCUT2D eigenvalue weighted by molar-refractivity contribution is -0.121. The van der Waals surface area contributed by atoms with Gasteiger partial charge in [0, 0.05) is 34.7 Å². The Morgan fingerprint density at radius 3 is 2.85 bits per heavy atom. The number of nitrogens with one attached hydrogen (secondary N) is 1. The van der Waals surface area contributed by atoms with Crippen molar-refractivity contribution in [2.75, 3.05) is 0 Å². The minimum Gasteiger partial charge on any atom is -0.441 e. The predicted molar refractivity (Wildman–Crippen MR) is 108 cm³/mol. The standard InChI is InChI=1S/C19H19Cl2N3O2S/c1-11(2)19-24-13(10-27-19)8-22-17(25)5-6-18-23-9-16(26-18)14-4-3-12(20)7-15(14)21/h3-4,7,9-11H,5-6,8H2,1-2H3,(H,22,25). The summed E-state index contributed by atoms with van der Waals surface area (Å²) in [6.07, 6.45) is 2.30. The van der Waals surface area contributed by atoms with Crippen LogP contribution in [-0.4, -0.2) is 15.9 Å². The molecule has 2 heterocycles. The number of benzene rings is 1. The molecule has 142 valence electrons.